The Labute approximate surface area is 129 Å². The van der Waals surface area contributed by atoms with Crippen molar-refractivity contribution in [3.05, 3.63) is 29.8 Å². The second-order valence-corrected chi connectivity index (χ2v) is 5.84. The number of para-hydroxylation sites is 1. The van der Waals surface area contributed by atoms with E-state index >= 15 is 0 Å². The lowest BCUT2D eigenvalue weighted by Gasteiger charge is -2.21. The first-order chi connectivity index (χ1) is 10.3. The van der Waals surface area contributed by atoms with Crippen LogP contribution >= 0.6 is 0 Å². The highest BCUT2D eigenvalue weighted by molar-refractivity contribution is 5.33. The van der Waals surface area contributed by atoms with E-state index in [1.807, 2.05) is 13.1 Å². The van der Waals surface area contributed by atoms with Crippen LogP contribution in [0.2, 0.25) is 0 Å². The predicted molar refractivity (Wildman–Crippen MR) is 87.9 cm³/mol. The average molecular weight is 291 g/mol. The van der Waals surface area contributed by atoms with Gasteiger partial charge in [0.25, 0.3) is 0 Å². The fourth-order valence-corrected chi connectivity index (χ4v) is 2.72. The number of likely N-dealkylation sites (tertiary alicyclic amines) is 1. The van der Waals surface area contributed by atoms with Crippen LogP contribution in [0.15, 0.2) is 24.3 Å². The number of rotatable bonds is 9. The topological polar surface area (TPSA) is 27.7 Å². The molecule has 1 aromatic carbocycles. The van der Waals surface area contributed by atoms with Gasteiger partial charge in [0.2, 0.25) is 0 Å². The average Bonchev–Trinajstić information content (AvgIpc) is 3.00. The minimum atomic E-state index is 0.747. The minimum Gasteiger partial charge on any atom is -0.492 e. The van der Waals surface area contributed by atoms with Gasteiger partial charge in [0, 0.05) is 31.7 Å². The van der Waals surface area contributed by atoms with Crippen LogP contribution in [0.5, 0.6) is 5.75 Å². The number of hydrogen-bond acceptors (Lipinski definition) is 4. The monoisotopic (exact) mass is 291 g/mol. The number of likely N-dealkylation sites (N-methyl/N-ethyl adjacent to an activating group) is 1. The number of ether oxygens (including phenoxy) is 1. The summed E-state index contributed by atoms with van der Waals surface area (Å²) >= 11 is 0. The molecule has 0 aromatic heterocycles. The Morgan fingerprint density at radius 3 is 2.71 bits per heavy atom. The van der Waals surface area contributed by atoms with Gasteiger partial charge in [0.15, 0.2) is 0 Å². The zero-order chi connectivity index (χ0) is 14.9. The number of benzene rings is 1. The fourth-order valence-electron chi connectivity index (χ4n) is 2.72. The lowest BCUT2D eigenvalue weighted by Crippen LogP contribution is -2.33. The molecule has 1 heterocycles. The highest BCUT2D eigenvalue weighted by Crippen LogP contribution is 2.17. The zero-order valence-corrected chi connectivity index (χ0v) is 13.5. The van der Waals surface area contributed by atoms with Crippen LogP contribution in [0.3, 0.4) is 0 Å². The summed E-state index contributed by atoms with van der Waals surface area (Å²) in [7, 11) is 4.14. The highest BCUT2D eigenvalue weighted by atomic mass is 16.5. The molecule has 2 rings (SSSR count). The molecule has 0 atom stereocenters. The van der Waals surface area contributed by atoms with Gasteiger partial charge in [-0.1, -0.05) is 18.2 Å². The number of nitrogens with one attached hydrogen (secondary N) is 1. The van der Waals surface area contributed by atoms with Crippen molar-refractivity contribution in [3.63, 3.8) is 0 Å². The molecular formula is C17H29N3O. The van der Waals surface area contributed by atoms with E-state index in [0.717, 1.165) is 32.0 Å². The van der Waals surface area contributed by atoms with E-state index in [4.69, 9.17) is 4.74 Å². The van der Waals surface area contributed by atoms with E-state index in [1.165, 1.54) is 38.0 Å². The standard InChI is InChI=1S/C17H29N3O/c1-18-15-16-7-3-4-8-17(16)21-14-13-19(2)11-12-20-9-5-6-10-20/h3-4,7-8,18H,5-6,9-15H2,1-2H3. The van der Waals surface area contributed by atoms with Crippen LogP contribution in [0.4, 0.5) is 0 Å². The van der Waals surface area contributed by atoms with Gasteiger partial charge in [-0.05, 0) is 46.1 Å². The van der Waals surface area contributed by atoms with Gasteiger partial charge in [-0.15, -0.1) is 0 Å². The third-order valence-corrected chi connectivity index (χ3v) is 4.07. The van der Waals surface area contributed by atoms with Gasteiger partial charge in [0.05, 0.1) is 0 Å². The van der Waals surface area contributed by atoms with Crippen LogP contribution in [0, 0.1) is 0 Å². The van der Waals surface area contributed by atoms with Gasteiger partial charge in [0.1, 0.15) is 12.4 Å². The second-order valence-electron chi connectivity index (χ2n) is 5.84. The van der Waals surface area contributed by atoms with Crippen molar-refractivity contribution in [2.75, 3.05) is 53.4 Å². The number of hydrogen-bond donors (Lipinski definition) is 1. The van der Waals surface area contributed by atoms with Crippen LogP contribution in [0.25, 0.3) is 0 Å². The first-order valence-electron chi connectivity index (χ1n) is 8.06. The Balaban J connectivity index is 1.66. The van der Waals surface area contributed by atoms with E-state index in [9.17, 15) is 0 Å². The molecule has 118 valence electrons. The first kappa shape index (κ1) is 16.3. The summed E-state index contributed by atoms with van der Waals surface area (Å²) in [6, 6.07) is 8.26. The lowest BCUT2D eigenvalue weighted by molar-refractivity contribution is 0.212. The van der Waals surface area contributed by atoms with Gasteiger partial charge in [-0.3, -0.25) is 0 Å². The summed E-state index contributed by atoms with van der Waals surface area (Å²) in [4.78, 5) is 4.92. The van der Waals surface area contributed by atoms with E-state index in [0.29, 0.717) is 0 Å². The van der Waals surface area contributed by atoms with Crippen LogP contribution in [0.1, 0.15) is 18.4 Å². The quantitative estimate of drug-likeness (QED) is 0.751. The van der Waals surface area contributed by atoms with Crippen LogP contribution in [-0.2, 0) is 6.54 Å². The molecule has 1 aromatic rings. The maximum absolute atomic E-state index is 5.94. The maximum Gasteiger partial charge on any atom is 0.123 e. The maximum atomic E-state index is 5.94. The van der Waals surface area contributed by atoms with Crippen molar-refractivity contribution in [2.45, 2.75) is 19.4 Å². The molecule has 1 N–H and O–H groups in total. The molecule has 0 unspecified atom stereocenters. The van der Waals surface area contributed by atoms with Crippen molar-refractivity contribution in [1.82, 2.24) is 15.1 Å². The Hall–Kier alpha value is -1.10. The fraction of sp³-hybridized carbons (Fsp3) is 0.647. The third kappa shape index (κ3) is 5.65. The highest BCUT2D eigenvalue weighted by Gasteiger charge is 2.11. The normalized spacial score (nSPS) is 15.8. The molecule has 0 bridgehead atoms. The van der Waals surface area contributed by atoms with Gasteiger partial charge in [-0.25, -0.2) is 0 Å². The van der Waals surface area contributed by atoms with Crippen molar-refractivity contribution >= 4 is 0 Å². The van der Waals surface area contributed by atoms with Crippen molar-refractivity contribution < 1.29 is 4.74 Å². The van der Waals surface area contributed by atoms with Crippen LogP contribution < -0.4 is 10.1 Å². The molecule has 1 aliphatic rings. The zero-order valence-electron chi connectivity index (χ0n) is 13.5. The largest absolute Gasteiger partial charge is 0.492 e. The van der Waals surface area contributed by atoms with E-state index in [1.54, 1.807) is 0 Å². The van der Waals surface area contributed by atoms with Crippen LogP contribution in [-0.4, -0.2) is 63.2 Å². The third-order valence-electron chi connectivity index (χ3n) is 4.07. The molecule has 1 fully saturated rings. The minimum absolute atomic E-state index is 0.747. The summed E-state index contributed by atoms with van der Waals surface area (Å²) in [5.74, 6) is 1.000. The van der Waals surface area contributed by atoms with E-state index in [-0.39, 0.29) is 0 Å². The SMILES string of the molecule is CNCc1ccccc1OCCN(C)CCN1CCCC1. The lowest BCUT2D eigenvalue weighted by atomic mass is 10.2. The smallest absolute Gasteiger partial charge is 0.123 e. The second kappa shape index (κ2) is 9.03. The van der Waals surface area contributed by atoms with Crippen molar-refractivity contribution in [1.29, 1.82) is 0 Å². The summed E-state index contributed by atoms with van der Waals surface area (Å²) in [5, 5.41) is 3.18. The molecule has 1 saturated heterocycles. The molecular weight excluding hydrogens is 262 g/mol. The molecule has 1 aliphatic heterocycles. The van der Waals surface area contributed by atoms with E-state index in [2.05, 4.69) is 40.4 Å². The first-order valence-corrected chi connectivity index (χ1v) is 8.06. The van der Waals surface area contributed by atoms with E-state index < -0.39 is 0 Å². The Morgan fingerprint density at radius 2 is 1.95 bits per heavy atom. The molecule has 0 saturated carbocycles. The molecule has 0 amide bonds. The van der Waals surface area contributed by atoms with Crippen molar-refractivity contribution in [2.24, 2.45) is 0 Å². The molecule has 4 heteroatoms. The predicted octanol–water partition coefficient (Wildman–Crippen LogP) is 1.81. The summed E-state index contributed by atoms with van der Waals surface area (Å²) in [6.07, 6.45) is 2.74. The summed E-state index contributed by atoms with van der Waals surface area (Å²) in [6.45, 7) is 7.44. The number of nitrogens with zero attached hydrogens (tertiary/aromatic N) is 2. The molecule has 0 spiro atoms. The Morgan fingerprint density at radius 1 is 1.19 bits per heavy atom. The molecule has 21 heavy (non-hydrogen) atoms. The Kier molecular flexibility index (Phi) is 7.00. The summed E-state index contributed by atoms with van der Waals surface area (Å²) < 4.78 is 5.94. The molecule has 0 radical (unpaired) electrons. The van der Waals surface area contributed by atoms with Crippen molar-refractivity contribution in [3.8, 4) is 5.75 Å². The molecule has 4 nitrogen and oxygen atoms in total. The summed E-state index contributed by atoms with van der Waals surface area (Å²) in [5.41, 5.74) is 1.22. The molecule has 0 aliphatic carbocycles. The van der Waals surface area contributed by atoms with Gasteiger partial charge in [-0.2, -0.15) is 0 Å². The Bertz CT molecular complexity index is 405. The van der Waals surface area contributed by atoms with Gasteiger partial charge < -0.3 is 19.9 Å². The van der Waals surface area contributed by atoms with Gasteiger partial charge >= 0.3 is 0 Å².